The third-order valence-corrected chi connectivity index (χ3v) is 8.67. The Morgan fingerprint density at radius 3 is 1.48 bits per heavy atom. The summed E-state index contributed by atoms with van der Waals surface area (Å²) in [4.78, 5) is 0. The molecular weight excluding hydrogens is 579 g/mol. The van der Waals surface area contributed by atoms with Gasteiger partial charge in [-0.25, -0.2) is 0 Å². The summed E-state index contributed by atoms with van der Waals surface area (Å²) in [5, 5.41) is 13.7. The van der Waals surface area contributed by atoms with Crippen LogP contribution in [-0.2, 0) is 0 Å². The van der Waals surface area contributed by atoms with Crippen molar-refractivity contribution in [2.45, 2.75) is 26.8 Å². The summed E-state index contributed by atoms with van der Waals surface area (Å²) in [5.41, 5.74) is 5.06. The average molecular weight is 624 g/mol. The van der Waals surface area contributed by atoms with Gasteiger partial charge in [-0.3, -0.25) is 0 Å². The minimum Gasteiger partial charge on any atom is -0.313 e. The van der Waals surface area contributed by atoms with Gasteiger partial charge in [-0.2, -0.15) is 0 Å². The first-order chi connectivity index (χ1) is 23.6. The summed E-state index contributed by atoms with van der Waals surface area (Å²) >= 11 is 0. The SMILES string of the molecule is C/C=C\C(=C/C)c1ccc2ccccc2c1.C=C/C=C(/c1ccc2ccccc2c1)C(C)NC.c1ccc2c(c1)ccc1ccccc12. The predicted molar refractivity (Wildman–Crippen MR) is 215 cm³/mol. The van der Waals surface area contributed by atoms with E-state index in [2.05, 4.69) is 196 Å². The monoisotopic (exact) mass is 623 g/mol. The highest BCUT2D eigenvalue weighted by Crippen LogP contribution is 2.26. The summed E-state index contributed by atoms with van der Waals surface area (Å²) in [5.74, 6) is 0. The Labute approximate surface area is 286 Å². The fraction of sp³-hybridized carbons (Fsp3) is 0.106. The zero-order valence-electron chi connectivity index (χ0n) is 28.5. The van der Waals surface area contributed by atoms with Crippen molar-refractivity contribution < 1.29 is 0 Å². The molecule has 0 aliphatic carbocycles. The summed E-state index contributed by atoms with van der Waals surface area (Å²) in [6.07, 6.45) is 10.3. The highest BCUT2D eigenvalue weighted by atomic mass is 14.9. The van der Waals surface area contributed by atoms with Crippen molar-refractivity contribution in [3.8, 4) is 0 Å². The van der Waals surface area contributed by atoms with Crippen LogP contribution in [0.4, 0.5) is 0 Å². The molecule has 0 amide bonds. The molecular formula is C47H45N. The highest BCUT2D eigenvalue weighted by molar-refractivity contribution is 6.07. The van der Waals surface area contributed by atoms with Gasteiger partial charge in [-0.05, 0) is 105 Å². The maximum atomic E-state index is 3.80. The summed E-state index contributed by atoms with van der Waals surface area (Å²) in [6, 6.07) is 51.7. The van der Waals surface area contributed by atoms with Gasteiger partial charge in [0.2, 0.25) is 0 Å². The first-order valence-corrected chi connectivity index (χ1v) is 16.7. The molecule has 0 fully saturated rings. The molecule has 0 radical (unpaired) electrons. The second kappa shape index (κ2) is 16.9. The van der Waals surface area contributed by atoms with Crippen molar-refractivity contribution in [3.63, 3.8) is 0 Å². The number of hydrogen-bond acceptors (Lipinski definition) is 1. The van der Waals surface area contributed by atoms with E-state index in [1.165, 1.54) is 65.4 Å². The summed E-state index contributed by atoms with van der Waals surface area (Å²) < 4.78 is 0. The van der Waals surface area contributed by atoms with E-state index < -0.39 is 0 Å². The molecule has 1 N–H and O–H groups in total. The van der Waals surface area contributed by atoms with Gasteiger partial charge < -0.3 is 5.32 Å². The molecule has 238 valence electrons. The van der Waals surface area contributed by atoms with Crippen LogP contribution in [0.1, 0.15) is 31.9 Å². The Kier molecular flexibility index (Phi) is 11.9. The maximum Gasteiger partial charge on any atom is 0.0294 e. The summed E-state index contributed by atoms with van der Waals surface area (Å²) in [7, 11) is 1.97. The molecule has 1 unspecified atom stereocenters. The van der Waals surface area contributed by atoms with Crippen molar-refractivity contribution in [2.24, 2.45) is 0 Å². The van der Waals surface area contributed by atoms with E-state index in [0.29, 0.717) is 6.04 Å². The normalized spacial score (nSPS) is 12.4. The van der Waals surface area contributed by atoms with E-state index in [1.54, 1.807) is 0 Å². The standard InChI is InChI=1S/C17H19N.C16H16.C14H10/c1-4-7-17(13(2)18-3)16-11-10-14-8-5-6-9-15(14)12-16;1-3-7-13(4-2)16-11-10-14-8-5-6-9-15(14)12-16;1-3-7-13-11(5-1)9-10-12-6-2-4-8-14(12)13/h4-13,18H,1H2,2-3H3;3-12H,1-2H3;1-10H/b17-7+;7-3-,13-4+;. The van der Waals surface area contributed by atoms with Crippen LogP contribution in [0.2, 0.25) is 0 Å². The Bertz CT molecular complexity index is 2180. The number of fused-ring (bicyclic) bond motifs is 5. The third kappa shape index (κ3) is 8.25. The average Bonchev–Trinajstić information content (AvgIpc) is 3.15. The van der Waals surface area contributed by atoms with Gasteiger partial charge in [0.05, 0.1) is 0 Å². The van der Waals surface area contributed by atoms with Crippen LogP contribution in [0.25, 0.3) is 54.2 Å². The molecule has 0 saturated heterocycles. The topological polar surface area (TPSA) is 12.0 Å². The molecule has 7 rings (SSSR count). The lowest BCUT2D eigenvalue weighted by molar-refractivity contribution is 0.745. The molecule has 0 heterocycles. The third-order valence-electron chi connectivity index (χ3n) is 8.67. The van der Waals surface area contributed by atoms with E-state index in [-0.39, 0.29) is 0 Å². The second-order valence-corrected chi connectivity index (χ2v) is 11.7. The van der Waals surface area contributed by atoms with Crippen molar-refractivity contribution in [1.29, 1.82) is 0 Å². The molecule has 7 aromatic carbocycles. The number of benzene rings is 7. The van der Waals surface area contributed by atoms with Gasteiger partial charge in [0.25, 0.3) is 0 Å². The fourth-order valence-corrected chi connectivity index (χ4v) is 6.00. The first kappa shape index (κ1) is 33.9. The molecule has 1 atom stereocenters. The molecule has 48 heavy (non-hydrogen) atoms. The number of likely N-dealkylation sites (N-methyl/N-ethyl adjacent to an activating group) is 1. The van der Waals surface area contributed by atoms with Gasteiger partial charge in [-0.15, -0.1) is 0 Å². The fourth-order valence-electron chi connectivity index (χ4n) is 6.00. The van der Waals surface area contributed by atoms with Crippen molar-refractivity contribution in [2.75, 3.05) is 7.05 Å². The van der Waals surface area contributed by atoms with Crippen molar-refractivity contribution in [3.05, 3.63) is 194 Å². The first-order valence-electron chi connectivity index (χ1n) is 16.7. The largest absolute Gasteiger partial charge is 0.313 e. The van der Waals surface area contributed by atoms with E-state index in [1.807, 2.05) is 20.0 Å². The molecule has 0 bridgehead atoms. The van der Waals surface area contributed by atoms with E-state index >= 15 is 0 Å². The van der Waals surface area contributed by atoms with Gasteiger partial charge in [0.15, 0.2) is 0 Å². The Hall–Kier alpha value is -5.50. The lowest BCUT2D eigenvalue weighted by Gasteiger charge is -2.16. The van der Waals surface area contributed by atoms with Crippen molar-refractivity contribution in [1.82, 2.24) is 5.32 Å². The van der Waals surface area contributed by atoms with Gasteiger partial charge >= 0.3 is 0 Å². The molecule has 0 aliphatic heterocycles. The van der Waals surface area contributed by atoms with Crippen LogP contribution in [0.5, 0.6) is 0 Å². The molecule has 1 heteroatoms. The highest BCUT2D eigenvalue weighted by Gasteiger charge is 2.08. The van der Waals surface area contributed by atoms with Gasteiger partial charge in [-0.1, -0.05) is 170 Å². The number of hydrogen-bond donors (Lipinski definition) is 1. The van der Waals surface area contributed by atoms with Crippen LogP contribution in [0.3, 0.4) is 0 Å². The van der Waals surface area contributed by atoms with Crippen LogP contribution in [-0.4, -0.2) is 13.1 Å². The molecule has 1 nitrogen and oxygen atoms in total. The minimum atomic E-state index is 0.309. The minimum absolute atomic E-state index is 0.309. The Balaban J connectivity index is 0.000000142. The van der Waals surface area contributed by atoms with E-state index in [0.717, 1.165) is 0 Å². The zero-order chi connectivity index (χ0) is 33.7. The van der Waals surface area contributed by atoms with E-state index in [4.69, 9.17) is 0 Å². The van der Waals surface area contributed by atoms with Crippen LogP contribution in [0, 0.1) is 0 Å². The zero-order valence-corrected chi connectivity index (χ0v) is 28.5. The van der Waals surface area contributed by atoms with Crippen LogP contribution < -0.4 is 5.32 Å². The lowest BCUT2D eigenvalue weighted by Crippen LogP contribution is -2.22. The van der Waals surface area contributed by atoms with Crippen molar-refractivity contribution >= 4 is 54.2 Å². The smallest absolute Gasteiger partial charge is 0.0294 e. The second-order valence-electron chi connectivity index (χ2n) is 11.7. The van der Waals surface area contributed by atoms with Gasteiger partial charge in [0.1, 0.15) is 0 Å². The molecule has 7 aromatic rings. The molecule has 0 aliphatic rings. The summed E-state index contributed by atoms with van der Waals surface area (Å²) in [6.45, 7) is 10.1. The number of nitrogens with one attached hydrogen (secondary N) is 1. The Morgan fingerprint density at radius 2 is 1.00 bits per heavy atom. The quantitative estimate of drug-likeness (QED) is 0.144. The molecule has 0 spiro atoms. The lowest BCUT2D eigenvalue weighted by atomic mass is 9.96. The Morgan fingerprint density at radius 1 is 0.562 bits per heavy atom. The van der Waals surface area contributed by atoms with Gasteiger partial charge in [0, 0.05) is 6.04 Å². The molecule has 0 saturated carbocycles. The maximum absolute atomic E-state index is 3.80. The van der Waals surface area contributed by atoms with Crippen LogP contribution >= 0.6 is 0 Å². The predicted octanol–water partition coefficient (Wildman–Crippen LogP) is 12.8. The number of allylic oxidation sites excluding steroid dienone is 6. The molecule has 0 aromatic heterocycles. The number of rotatable bonds is 6. The van der Waals surface area contributed by atoms with Crippen LogP contribution in [0.15, 0.2) is 183 Å². The van der Waals surface area contributed by atoms with E-state index in [9.17, 15) is 0 Å².